The van der Waals surface area contributed by atoms with E-state index >= 15 is 0 Å². The molecule has 0 aliphatic heterocycles. The maximum Gasteiger partial charge on any atom is 0.338 e. The number of hydrogen-bond donors (Lipinski definition) is 0. The number of hydrogen-bond acceptors (Lipinski definition) is 8. The lowest BCUT2D eigenvalue weighted by Crippen LogP contribution is -2.06. The van der Waals surface area contributed by atoms with Crippen molar-refractivity contribution in [2.75, 3.05) is 0 Å². The van der Waals surface area contributed by atoms with Crippen molar-refractivity contribution >= 4 is 17.3 Å². The number of carbonyl (C=O) groups excluding carboxylic acids is 1. The highest BCUT2D eigenvalue weighted by molar-refractivity contribution is 7.13. The summed E-state index contributed by atoms with van der Waals surface area (Å²) >= 11 is 1.53. The maximum atomic E-state index is 12.1. The number of oxazole rings is 1. The summed E-state index contributed by atoms with van der Waals surface area (Å²) in [6, 6.07) is 10.6. The molecule has 0 atom stereocenters. The lowest BCUT2D eigenvalue weighted by molar-refractivity contribution is 0.0468. The average molecular weight is 353 g/mol. The van der Waals surface area contributed by atoms with Crippen molar-refractivity contribution in [2.24, 2.45) is 0 Å². The standard InChI is InChI=1S/C16H11N5O3S/c22-16(11-3-5-13(6-4-11)21-10-17-19-20-21)24-9-12-8-23-15(18-12)14-2-1-7-25-14/h1-8,10H,9H2. The topological polar surface area (TPSA) is 95.9 Å². The number of ether oxygens (including phenoxy) is 1. The lowest BCUT2D eigenvalue weighted by atomic mass is 10.2. The number of tetrazole rings is 1. The van der Waals surface area contributed by atoms with Gasteiger partial charge in [0.15, 0.2) is 0 Å². The number of thiophene rings is 1. The van der Waals surface area contributed by atoms with E-state index in [1.807, 2.05) is 17.5 Å². The Bertz CT molecular complexity index is 962. The molecule has 9 heteroatoms. The smallest absolute Gasteiger partial charge is 0.338 e. The van der Waals surface area contributed by atoms with Crippen molar-refractivity contribution in [3.8, 4) is 16.5 Å². The zero-order valence-corrected chi connectivity index (χ0v) is 13.6. The molecule has 4 rings (SSSR count). The van der Waals surface area contributed by atoms with Gasteiger partial charge in [0, 0.05) is 0 Å². The molecule has 1 aromatic carbocycles. The predicted octanol–water partition coefficient (Wildman–Crippen LogP) is 2.74. The molecule has 0 spiro atoms. The van der Waals surface area contributed by atoms with Gasteiger partial charge < -0.3 is 9.15 Å². The molecule has 8 nitrogen and oxygen atoms in total. The van der Waals surface area contributed by atoms with Crippen LogP contribution in [0.5, 0.6) is 0 Å². The van der Waals surface area contributed by atoms with Gasteiger partial charge in [-0.05, 0) is 46.1 Å². The summed E-state index contributed by atoms with van der Waals surface area (Å²) < 4.78 is 12.2. The molecule has 0 saturated heterocycles. The molecule has 124 valence electrons. The number of carbonyl (C=O) groups is 1. The summed E-state index contributed by atoms with van der Waals surface area (Å²) in [5.74, 6) is 0.0794. The summed E-state index contributed by atoms with van der Waals surface area (Å²) in [6.45, 7) is 0.0441. The Morgan fingerprint density at radius 1 is 1.24 bits per heavy atom. The van der Waals surface area contributed by atoms with Crippen molar-refractivity contribution in [1.82, 2.24) is 25.2 Å². The van der Waals surface area contributed by atoms with E-state index in [0.29, 0.717) is 17.1 Å². The average Bonchev–Trinajstić information content (AvgIpc) is 3.42. The Balaban J connectivity index is 1.39. The van der Waals surface area contributed by atoms with E-state index in [0.717, 1.165) is 10.6 Å². The van der Waals surface area contributed by atoms with Crippen molar-refractivity contribution in [1.29, 1.82) is 0 Å². The first-order chi connectivity index (χ1) is 12.3. The minimum atomic E-state index is -0.441. The van der Waals surface area contributed by atoms with Crippen molar-refractivity contribution in [3.05, 3.63) is 65.6 Å². The Labute approximate surface area is 145 Å². The molecular weight excluding hydrogens is 342 g/mol. The predicted molar refractivity (Wildman–Crippen MR) is 88.1 cm³/mol. The second-order valence-corrected chi connectivity index (χ2v) is 5.95. The number of aromatic nitrogens is 5. The molecule has 0 fully saturated rings. The number of rotatable bonds is 5. The van der Waals surface area contributed by atoms with E-state index in [4.69, 9.17) is 9.15 Å². The van der Waals surface area contributed by atoms with Gasteiger partial charge in [-0.3, -0.25) is 0 Å². The van der Waals surface area contributed by atoms with Crippen LogP contribution in [0.25, 0.3) is 16.5 Å². The van der Waals surface area contributed by atoms with Crippen LogP contribution in [0, 0.1) is 0 Å². The number of benzene rings is 1. The molecule has 0 amide bonds. The van der Waals surface area contributed by atoms with Crippen LogP contribution in [0.15, 0.2) is 58.8 Å². The van der Waals surface area contributed by atoms with Gasteiger partial charge in [0.05, 0.1) is 16.1 Å². The summed E-state index contributed by atoms with van der Waals surface area (Å²) in [6.07, 6.45) is 2.96. The van der Waals surface area contributed by atoms with E-state index in [2.05, 4.69) is 20.5 Å². The van der Waals surface area contributed by atoms with Gasteiger partial charge >= 0.3 is 5.97 Å². The first kappa shape index (κ1) is 15.2. The van der Waals surface area contributed by atoms with Crippen LogP contribution in [0.1, 0.15) is 16.1 Å². The number of esters is 1. The van der Waals surface area contributed by atoms with E-state index in [-0.39, 0.29) is 6.61 Å². The SMILES string of the molecule is O=C(OCc1coc(-c2cccs2)n1)c1ccc(-n2cnnn2)cc1. The minimum absolute atomic E-state index is 0.0441. The molecule has 3 heterocycles. The summed E-state index contributed by atoms with van der Waals surface area (Å²) in [7, 11) is 0. The molecule has 0 N–H and O–H groups in total. The van der Waals surface area contributed by atoms with Crippen molar-refractivity contribution in [3.63, 3.8) is 0 Å². The third-order valence-corrected chi connectivity index (χ3v) is 4.21. The molecule has 25 heavy (non-hydrogen) atoms. The quantitative estimate of drug-likeness (QED) is 0.509. The van der Waals surface area contributed by atoms with Crippen LogP contribution in [-0.4, -0.2) is 31.2 Å². The van der Waals surface area contributed by atoms with Crippen LogP contribution in [-0.2, 0) is 11.3 Å². The Morgan fingerprint density at radius 2 is 2.12 bits per heavy atom. The summed E-state index contributed by atoms with van der Waals surface area (Å²) in [5, 5.41) is 12.9. The third kappa shape index (κ3) is 3.31. The van der Waals surface area contributed by atoms with Gasteiger partial charge in [-0.1, -0.05) is 6.07 Å². The van der Waals surface area contributed by atoms with Gasteiger partial charge in [0.2, 0.25) is 5.89 Å². The second-order valence-electron chi connectivity index (χ2n) is 5.00. The molecule has 0 aliphatic rings. The zero-order valence-electron chi connectivity index (χ0n) is 12.8. The first-order valence-electron chi connectivity index (χ1n) is 7.28. The molecule has 3 aromatic heterocycles. The molecule has 0 radical (unpaired) electrons. The van der Waals surface area contributed by atoms with E-state index in [1.165, 1.54) is 28.6 Å². The summed E-state index contributed by atoms with van der Waals surface area (Å²) in [5.41, 5.74) is 1.74. The van der Waals surface area contributed by atoms with E-state index < -0.39 is 5.97 Å². The summed E-state index contributed by atoms with van der Waals surface area (Å²) in [4.78, 5) is 17.4. The van der Waals surface area contributed by atoms with Crippen LogP contribution in [0.4, 0.5) is 0 Å². The van der Waals surface area contributed by atoms with E-state index in [1.54, 1.807) is 24.3 Å². The van der Waals surface area contributed by atoms with Gasteiger partial charge in [-0.15, -0.1) is 16.4 Å². The van der Waals surface area contributed by atoms with Crippen molar-refractivity contribution < 1.29 is 13.9 Å². The van der Waals surface area contributed by atoms with Crippen LogP contribution >= 0.6 is 11.3 Å². The van der Waals surface area contributed by atoms with Gasteiger partial charge in [-0.2, -0.15) is 0 Å². The first-order valence-corrected chi connectivity index (χ1v) is 8.16. The minimum Gasteiger partial charge on any atom is -0.455 e. The molecule has 4 aromatic rings. The van der Waals surface area contributed by atoms with Crippen LogP contribution < -0.4 is 0 Å². The fraction of sp³-hybridized carbons (Fsp3) is 0.0625. The largest absolute Gasteiger partial charge is 0.455 e. The van der Waals surface area contributed by atoms with Gasteiger partial charge in [-0.25, -0.2) is 14.5 Å². The fourth-order valence-electron chi connectivity index (χ4n) is 2.14. The van der Waals surface area contributed by atoms with Gasteiger partial charge in [0.25, 0.3) is 0 Å². The Morgan fingerprint density at radius 3 is 2.84 bits per heavy atom. The third-order valence-electron chi connectivity index (χ3n) is 3.35. The highest BCUT2D eigenvalue weighted by atomic mass is 32.1. The molecule has 0 saturated carbocycles. The second kappa shape index (κ2) is 6.65. The molecule has 0 aliphatic carbocycles. The highest BCUT2D eigenvalue weighted by Gasteiger charge is 2.11. The Kier molecular flexibility index (Phi) is 4.05. The maximum absolute atomic E-state index is 12.1. The fourth-order valence-corrected chi connectivity index (χ4v) is 2.79. The highest BCUT2D eigenvalue weighted by Crippen LogP contribution is 2.23. The van der Waals surface area contributed by atoms with Crippen LogP contribution in [0.2, 0.25) is 0 Å². The van der Waals surface area contributed by atoms with E-state index in [9.17, 15) is 4.79 Å². The Hall–Kier alpha value is -3.33. The molecule has 0 bridgehead atoms. The van der Waals surface area contributed by atoms with Crippen LogP contribution in [0.3, 0.4) is 0 Å². The zero-order chi connectivity index (χ0) is 17.1. The number of nitrogens with zero attached hydrogens (tertiary/aromatic N) is 5. The van der Waals surface area contributed by atoms with Crippen molar-refractivity contribution in [2.45, 2.75) is 6.61 Å². The van der Waals surface area contributed by atoms with Gasteiger partial charge in [0.1, 0.15) is 24.9 Å². The molecule has 0 unspecified atom stereocenters. The molecular formula is C16H11N5O3S. The lowest BCUT2D eigenvalue weighted by Gasteiger charge is -2.04. The normalized spacial score (nSPS) is 10.7. The monoisotopic (exact) mass is 353 g/mol.